The monoisotopic (exact) mass is 243 g/mol. The summed E-state index contributed by atoms with van der Waals surface area (Å²) in [5, 5.41) is 2.18. The second-order valence-corrected chi connectivity index (χ2v) is 5.24. The molecule has 0 radical (unpaired) electrons. The zero-order valence-corrected chi connectivity index (χ0v) is 10.7. The molecule has 0 unspecified atom stereocenters. The average molecular weight is 243 g/mol. The molecule has 94 valence electrons. The minimum Gasteiger partial charge on any atom is -0.303 e. The third kappa shape index (κ3) is 2.39. The number of benzene rings is 2. The molecule has 0 amide bonds. The molecule has 1 nitrogen and oxygen atoms in total. The molecule has 18 heavy (non-hydrogen) atoms. The summed E-state index contributed by atoms with van der Waals surface area (Å²) in [5.74, 6) is -0.158. The summed E-state index contributed by atoms with van der Waals surface area (Å²) in [5.41, 5.74) is 1.32. The molecule has 0 spiro atoms. The smallest absolute Gasteiger partial charge is 0.123 e. The molecule has 0 saturated heterocycles. The Balaban J connectivity index is 1.82. The maximum Gasteiger partial charge on any atom is 0.123 e. The molecule has 2 heteroatoms. The van der Waals surface area contributed by atoms with Crippen molar-refractivity contribution in [2.24, 2.45) is 0 Å². The maximum absolute atomic E-state index is 13.2. The highest BCUT2D eigenvalue weighted by molar-refractivity contribution is 5.85. The van der Waals surface area contributed by atoms with E-state index in [1.807, 2.05) is 18.2 Å². The molecule has 2 aromatic rings. The van der Waals surface area contributed by atoms with Gasteiger partial charge in [0.1, 0.15) is 5.82 Å². The highest BCUT2D eigenvalue weighted by Gasteiger charge is 2.25. The second kappa shape index (κ2) is 4.69. The van der Waals surface area contributed by atoms with Crippen LogP contribution in [0, 0.1) is 5.82 Å². The van der Waals surface area contributed by atoms with E-state index in [0.717, 1.165) is 24.4 Å². The highest BCUT2D eigenvalue weighted by Crippen LogP contribution is 2.26. The molecule has 0 aromatic heterocycles. The lowest BCUT2D eigenvalue weighted by Gasteiger charge is -2.16. The molecule has 1 aliphatic carbocycles. The summed E-state index contributed by atoms with van der Waals surface area (Å²) in [4.78, 5) is 2.43. The Bertz CT molecular complexity index is 560. The van der Waals surface area contributed by atoms with Gasteiger partial charge in [-0.25, -0.2) is 4.39 Å². The van der Waals surface area contributed by atoms with Gasteiger partial charge in [-0.15, -0.1) is 0 Å². The van der Waals surface area contributed by atoms with E-state index in [4.69, 9.17) is 0 Å². The molecule has 1 saturated carbocycles. The number of nitrogens with zero attached hydrogens (tertiary/aromatic N) is 1. The molecule has 0 heterocycles. The van der Waals surface area contributed by atoms with Crippen molar-refractivity contribution in [2.45, 2.75) is 25.3 Å². The molecular weight excluding hydrogens is 225 g/mol. The standard InChI is InChI=1S/C16H18FN/c1-18(15-6-7-15)10-9-12-3-2-4-13-11-14(17)5-8-16(12)13/h2-5,8,11,15H,6-7,9-10H2,1H3. The molecule has 1 aliphatic rings. The van der Waals surface area contributed by atoms with Crippen LogP contribution in [-0.2, 0) is 6.42 Å². The van der Waals surface area contributed by atoms with Gasteiger partial charge in [0.25, 0.3) is 0 Å². The number of hydrogen-bond acceptors (Lipinski definition) is 1. The van der Waals surface area contributed by atoms with Crippen LogP contribution in [0.4, 0.5) is 4.39 Å². The summed E-state index contributed by atoms with van der Waals surface area (Å²) in [6, 6.07) is 12.0. The van der Waals surface area contributed by atoms with Crippen LogP contribution < -0.4 is 0 Å². The van der Waals surface area contributed by atoms with Crippen LogP contribution in [0.1, 0.15) is 18.4 Å². The molecule has 0 N–H and O–H groups in total. The molecule has 0 atom stereocenters. The third-order valence-electron chi connectivity index (χ3n) is 3.84. The van der Waals surface area contributed by atoms with E-state index in [2.05, 4.69) is 18.0 Å². The minimum absolute atomic E-state index is 0.158. The second-order valence-electron chi connectivity index (χ2n) is 5.24. The van der Waals surface area contributed by atoms with Crippen LogP contribution in [0.2, 0.25) is 0 Å². The summed E-state index contributed by atoms with van der Waals surface area (Å²) >= 11 is 0. The zero-order valence-electron chi connectivity index (χ0n) is 10.7. The van der Waals surface area contributed by atoms with E-state index in [-0.39, 0.29) is 5.82 Å². The van der Waals surface area contributed by atoms with Crippen molar-refractivity contribution in [2.75, 3.05) is 13.6 Å². The molecule has 3 rings (SSSR count). The first kappa shape index (κ1) is 11.7. The maximum atomic E-state index is 13.2. The van der Waals surface area contributed by atoms with E-state index in [0.29, 0.717) is 0 Å². The van der Waals surface area contributed by atoms with E-state index in [1.165, 1.54) is 23.8 Å². The van der Waals surface area contributed by atoms with Gasteiger partial charge in [-0.2, -0.15) is 0 Å². The molecule has 2 aromatic carbocycles. The van der Waals surface area contributed by atoms with Crippen LogP contribution in [-0.4, -0.2) is 24.5 Å². The van der Waals surface area contributed by atoms with Gasteiger partial charge >= 0.3 is 0 Å². The van der Waals surface area contributed by atoms with Gasteiger partial charge in [0.15, 0.2) is 0 Å². The Morgan fingerprint density at radius 3 is 2.83 bits per heavy atom. The molecule has 0 aliphatic heterocycles. The van der Waals surface area contributed by atoms with Gasteiger partial charge in [-0.3, -0.25) is 0 Å². The lowest BCUT2D eigenvalue weighted by Crippen LogP contribution is -2.23. The van der Waals surface area contributed by atoms with Crippen LogP contribution in [0.25, 0.3) is 10.8 Å². The van der Waals surface area contributed by atoms with E-state index in [1.54, 1.807) is 12.1 Å². The van der Waals surface area contributed by atoms with Gasteiger partial charge < -0.3 is 4.90 Å². The topological polar surface area (TPSA) is 3.24 Å². The highest BCUT2D eigenvalue weighted by atomic mass is 19.1. The number of rotatable bonds is 4. The van der Waals surface area contributed by atoms with E-state index >= 15 is 0 Å². The van der Waals surface area contributed by atoms with Crippen molar-refractivity contribution in [3.63, 3.8) is 0 Å². The van der Waals surface area contributed by atoms with Crippen LogP contribution in [0.15, 0.2) is 36.4 Å². The fourth-order valence-corrected chi connectivity index (χ4v) is 2.53. The average Bonchev–Trinajstić information content (AvgIpc) is 3.19. The largest absolute Gasteiger partial charge is 0.303 e. The van der Waals surface area contributed by atoms with E-state index in [9.17, 15) is 4.39 Å². The van der Waals surface area contributed by atoms with Crippen molar-refractivity contribution in [3.05, 3.63) is 47.8 Å². The first-order valence-electron chi connectivity index (χ1n) is 6.61. The van der Waals surface area contributed by atoms with Gasteiger partial charge in [0.2, 0.25) is 0 Å². The number of halogens is 1. The Morgan fingerprint density at radius 2 is 2.06 bits per heavy atom. The predicted molar refractivity (Wildman–Crippen MR) is 73.3 cm³/mol. The van der Waals surface area contributed by atoms with Crippen LogP contribution in [0.5, 0.6) is 0 Å². The first-order chi connectivity index (χ1) is 8.74. The van der Waals surface area contributed by atoms with Crippen molar-refractivity contribution >= 4 is 10.8 Å². The Kier molecular flexibility index (Phi) is 3.04. The van der Waals surface area contributed by atoms with Crippen LogP contribution >= 0.6 is 0 Å². The summed E-state index contributed by atoms with van der Waals surface area (Å²) in [7, 11) is 2.20. The summed E-state index contributed by atoms with van der Waals surface area (Å²) in [6.07, 6.45) is 3.73. The van der Waals surface area contributed by atoms with Gasteiger partial charge in [-0.05, 0) is 54.8 Å². The normalized spacial score (nSPS) is 15.5. The zero-order chi connectivity index (χ0) is 12.5. The van der Waals surface area contributed by atoms with Gasteiger partial charge in [0, 0.05) is 12.6 Å². The van der Waals surface area contributed by atoms with Crippen molar-refractivity contribution in [3.8, 4) is 0 Å². The summed E-state index contributed by atoms with van der Waals surface area (Å²) < 4.78 is 13.2. The number of fused-ring (bicyclic) bond motifs is 1. The van der Waals surface area contributed by atoms with Crippen molar-refractivity contribution in [1.29, 1.82) is 0 Å². The van der Waals surface area contributed by atoms with Gasteiger partial charge in [-0.1, -0.05) is 24.3 Å². The number of likely N-dealkylation sites (N-methyl/N-ethyl adjacent to an activating group) is 1. The Morgan fingerprint density at radius 1 is 1.22 bits per heavy atom. The van der Waals surface area contributed by atoms with Gasteiger partial charge in [0.05, 0.1) is 0 Å². The van der Waals surface area contributed by atoms with Crippen LogP contribution in [0.3, 0.4) is 0 Å². The molecular formula is C16H18FN. The van der Waals surface area contributed by atoms with Crippen molar-refractivity contribution in [1.82, 2.24) is 4.90 Å². The lowest BCUT2D eigenvalue weighted by molar-refractivity contribution is 0.329. The van der Waals surface area contributed by atoms with Crippen molar-refractivity contribution < 1.29 is 4.39 Å². The summed E-state index contributed by atoms with van der Waals surface area (Å²) in [6.45, 7) is 1.08. The Hall–Kier alpha value is -1.41. The quantitative estimate of drug-likeness (QED) is 0.792. The third-order valence-corrected chi connectivity index (χ3v) is 3.84. The minimum atomic E-state index is -0.158. The predicted octanol–water partition coefficient (Wildman–Crippen LogP) is 3.62. The fourth-order valence-electron chi connectivity index (χ4n) is 2.53. The lowest BCUT2D eigenvalue weighted by atomic mass is 10.0. The number of hydrogen-bond donors (Lipinski definition) is 0. The van der Waals surface area contributed by atoms with E-state index < -0.39 is 0 Å². The Labute approximate surface area is 107 Å². The molecule has 1 fully saturated rings. The first-order valence-corrected chi connectivity index (χ1v) is 6.61. The molecule has 0 bridgehead atoms. The fraction of sp³-hybridized carbons (Fsp3) is 0.375. The SMILES string of the molecule is CN(CCc1cccc2cc(F)ccc12)C1CC1.